The molecule has 0 aromatic heterocycles. The molecule has 1 N–H and O–H groups in total. The number of aryl methyl sites for hydroxylation is 2. The Morgan fingerprint density at radius 2 is 1.76 bits per heavy atom. The zero-order chi connectivity index (χ0) is 24.1. The average Bonchev–Trinajstić information content (AvgIpc) is 3.15. The summed E-state index contributed by atoms with van der Waals surface area (Å²) >= 11 is 3.58. The third kappa shape index (κ3) is 6.21. The molecule has 0 atom stereocenters. The summed E-state index contributed by atoms with van der Waals surface area (Å²) in [5.41, 5.74) is 5.49. The molecule has 1 saturated heterocycles. The number of halogens is 1. The highest BCUT2D eigenvalue weighted by atomic mass is 127. The van der Waals surface area contributed by atoms with Gasteiger partial charge in [-0.25, -0.2) is 0 Å². The fourth-order valence-electron chi connectivity index (χ4n) is 3.67. The fraction of sp³-hybridized carbons (Fsp3) is 0.185. The Labute approximate surface area is 217 Å². The van der Waals surface area contributed by atoms with E-state index in [0.717, 1.165) is 20.3 Å². The van der Waals surface area contributed by atoms with Gasteiger partial charge in [0, 0.05) is 0 Å². The van der Waals surface area contributed by atoms with Crippen molar-refractivity contribution >= 4 is 51.5 Å². The van der Waals surface area contributed by atoms with E-state index in [0.29, 0.717) is 34.7 Å². The lowest BCUT2D eigenvalue weighted by Crippen LogP contribution is -2.19. The normalized spacial score (nSPS) is 15.6. The molecular weight excluding hydrogens is 559 g/mol. The second-order valence-electron chi connectivity index (χ2n) is 7.99. The Balaban J connectivity index is 1.49. The highest BCUT2D eigenvalue weighted by Crippen LogP contribution is 2.36. The first-order valence-electron chi connectivity index (χ1n) is 10.8. The van der Waals surface area contributed by atoms with E-state index in [4.69, 9.17) is 9.47 Å². The monoisotopic (exact) mass is 584 g/mol. The molecule has 0 spiro atoms. The van der Waals surface area contributed by atoms with Crippen LogP contribution in [0.1, 0.15) is 27.8 Å². The van der Waals surface area contributed by atoms with Gasteiger partial charge in [-0.1, -0.05) is 59.7 Å². The minimum absolute atomic E-state index is 0.150. The third-order valence-corrected chi connectivity index (χ3v) is 6.86. The van der Waals surface area contributed by atoms with Crippen LogP contribution in [0.2, 0.25) is 0 Å². The van der Waals surface area contributed by atoms with E-state index in [1.807, 2.05) is 48.5 Å². The average molecular weight is 584 g/mol. The highest BCUT2D eigenvalue weighted by molar-refractivity contribution is 14.1. The largest absolute Gasteiger partial charge is 0.493 e. The van der Waals surface area contributed by atoms with Crippen LogP contribution in [0.4, 0.5) is 0 Å². The van der Waals surface area contributed by atoms with Gasteiger partial charge in [-0.2, -0.15) is 0 Å². The second-order valence-corrected chi connectivity index (χ2v) is 10.2. The summed E-state index contributed by atoms with van der Waals surface area (Å²) in [6, 6.07) is 20.2. The molecule has 0 aliphatic carbocycles. The molecule has 34 heavy (non-hydrogen) atoms. The van der Waals surface area contributed by atoms with E-state index in [1.54, 1.807) is 7.11 Å². The zero-order valence-electron chi connectivity index (χ0n) is 19.2. The number of amides is 1. The molecule has 7 heteroatoms. The number of nitrogens with one attached hydrogen (secondary N) is 1. The van der Waals surface area contributed by atoms with Crippen molar-refractivity contribution in [3.63, 3.8) is 0 Å². The van der Waals surface area contributed by atoms with Crippen molar-refractivity contribution in [2.45, 2.75) is 27.0 Å². The first-order chi connectivity index (χ1) is 16.4. The Kier molecular flexibility index (Phi) is 7.95. The maximum Gasteiger partial charge on any atom is 0.264 e. The number of thioether (sulfide) groups is 1. The van der Waals surface area contributed by atoms with E-state index < -0.39 is 0 Å². The molecule has 1 amide bonds. The number of carbonyl (C=O) groups is 1. The Hall–Kier alpha value is -2.78. The lowest BCUT2D eigenvalue weighted by atomic mass is 10.1. The quantitative estimate of drug-likeness (QED) is 0.263. The van der Waals surface area contributed by atoms with Crippen LogP contribution in [-0.4, -0.2) is 18.2 Å². The summed E-state index contributed by atoms with van der Waals surface area (Å²) in [5, 5.41) is 3.48. The number of carbonyl (C=O) groups excluding carboxylic acids is 1. The number of methoxy groups -OCH3 is 1. The SMILES string of the molecule is COc1cc(/C=C2\SC(=NCc3cc(C)cc(C)c3)NC2=O)cc(I)c1OCc1ccccc1. The van der Waals surface area contributed by atoms with Crippen LogP contribution in [0.25, 0.3) is 6.08 Å². The van der Waals surface area contributed by atoms with E-state index >= 15 is 0 Å². The van der Waals surface area contributed by atoms with Gasteiger partial charge in [0.05, 0.1) is 22.1 Å². The first kappa shape index (κ1) is 24.3. The molecule has 174 valence electrons. The molecule has 5 nitrogen and oxygen atoms in total. The number of aliphatic imine (C=N–C) groups is 1. The van der Waals surface area contributed by atoms with Crippen molar-refractivity contribution in [2.24, 2.45) is 4.99 Å². The topological polar surface area (TPSA) is 59.9 Å². The minimum Gasteiger partial charge on any atom is -0.493 e. The van der Waals surface area contributed by atoms with Crippen molar-refractivity contribution in [2.75, 3.05) is 7.11 Å². The summed E-state index contributed by atoms with van der Waals surface area (Å²) < 4.78 is 12.5. The molecule has 0 saturated carbocycles. The van der Waals surface area contributed by atoms with E-state index in [-0.39, 0.29) is 5.91 Å². The molecule has 3 aromatic rings. The van der Waals surface area contributed by atoms with Gasteiger partial charge in [-0.05, 0) is 83.1 Å². The van der Waals surface area contributed by atoms with Crippen LogP contribution < -0.4 is 14.8 Å². The van der Waals surface area contributed by atoms with Gasteiger partial charge in [-0.15, -0.1) is 0 Å². The highest BCUT2D eigenvalue weighted by Gasteiger charge is 2.24. The summed E-state index contributed by atoms with van der Waals surface area (Å²) in [7, 11) is 1.62. The van der Waals surface area contributed by atoms with Crippen LogP contribution in [0.5, 0.6) is 11.5 Å². The second kappa shape index (κ2) is 11.1. The number of rotatable bonds is 7. The van der Waals surface area contributed by atoms with Gasteiger partial charge in [0.1, 0.15) is 6.61 Å². The molecule has 4 rings (SSSR count). The van der Waals surface area contributed by atoms with Gasteiger partial charge in [0.2, 0.25) is 0 Å². The summed E-state index contributed by atoms with van der Waals surface area (Å²) in [5.74, 6) is 1.16. The standard InChI is InChI=1S/C27H25IN2O3S/c1-17-9-18(2)11-21(10-17)15-29-27-30-26(31)24(34-27)14-20-12-22(28)25(23(13-20)32-3)33-16-19-7-5-4-6-8-19/h4-14H,15-16H2,1-3H3,(H,29,30,31)/b24-14-. The molecule has 1 aliphatic rings. The van der Waals surface area contributed by atoms with Crippen molar-refractivity contribution in [1.82, 2.24) is 5.32 Å². The fourth-order valence-corrected chi connectivity index (χ4v) is 5.27. The maximum atomic E-state index is 12.5. The minimum atomic E-state index is -0.150. The first-order valence-corrected chi connectivity index (χ1v) is 12.7. The summed E-state index contributed by atoms with van der Waals surface area (Å²) in [6.45, 7) is 5.12. The summed E-state index contributed by atoms with van der Waals surface area (Å²) in [4.78, 5) is 17.7. The van der Waals surface area contributed by atoms with Crippen molar-refractivity contribution < 1.29 is 14.3 Å². The number of hydrogen-bond donors (Lipinski definition) is 1. The molecular formula is C27H25IN2O3S. The van der Waals surface area contributed by atoms with Gasteiger partial charge in [0.25, 0.3) is 5.91 Å². The maximum absolute atomic E-state index is 12.5. The molecule has 1 aliphatic heterocycles. The van der Waals surface area contributed by atoms with Gasteiger partial charge in [-0.3, -0.25) is 9.79 Å². The Bertz CT molecular complexity index is 1250. The van der Waals surface area contributed by atoms with Gasteiger partial charge in [0.15, 0.2) is 16.7 Å². The van der Waals surface area contributed by atoms with E-state index in [2.05, 4.69) is 64.9 Å². The molecule has 1 heterocycles. The molecule has 1 fully saturated rings. The molecule has 0 unspecified atom stereocenters. The van der Waals surface area contributed by atoms with E-state index in [1.165, 1.54) is 22.9 Å². The number of nitrogens with zero attached hydrogens (tertiary/aromatic N) is 1. The summed E-state index contributed by atoms with van der Waals surface area (Å²) in [6.07, 6.45) is 1.85. The lowest BCUT2D eigenvalue weighted by molar-refractivity contribution is -0.115. The molecule has 3 aromatic carbocycles. The zero-order valence-corrected chi connectivity index (χ0v) is 22.2. The van der Waals surface area contributed by atoms with Gasteiger partial charge < -0.3 is 14.8 Å². The number of benzene rings is 3. The molecule has 0 bridgehead atoms. The van der Waals surface area contributed by atoms with Crippen LogP contribution in [0, 0.1) is 17.4 Å². The van der Waals surface area contributed by atoms with Crippen LogP contribution >= 0.6 is 34.4 Å². The van der Waals surface area contributed by atoms with Crippen molar-refractivity contribution in [3.05, 3.63) is 97.0 Å². The van der Waals surface area contributed by atoms with Crippen molar-refractivity contribution in [1.29, 1.82) is 0 Å². The van der Waals surface area contributed by atoms with E-state index in [9.17, 15) is 4.79 Å². The predicted molar refractivity (Wildman–Crippen MR) is 147 cm³/mol. The Morgan fingerprint density at radius 3 is 2.47 bits per heavy atom. The number of hydrogen-bond acceptors (Lipinski definition) is 5. The van der Waals surface area contributed by atoms with Crippen molar-refractivity contribution in [3.8, 4) is 11.5 Å². The lowest BCUT2D eigenvalue weighted by Gasteiger charge is -2.14. The van der Waals surface area contributed by atoms with Crippen LogP contribution in [0.15, 0.2) is 70.6 Å². The number of amidine groups is 1. The van der Waals surface area contributed by atoms with Crippen LogP contribution in [-0.2, 0) is 17.9 Å². The van der Waals surface area contributed by atoms with Crippen LogP contribution in [0.3, 0.4) is 0 Å². The van der Waals surface area contributed by atoms with Gasteiger partial charge >= 0.3 is 0 Å². The number of ether oxygens (including phenoxy) is 2. The Morgan fingerprint density at radius 1 is 1.03 bits per heavy atom. The third-order valence-electron chi connectivity index (χ3n) is 5.11. The predicted octanol–water partition coefficient (Wildman–Crippen LogP) is 6.26. The molecule has 0 radical (unpaired) electrons. The smallest absolute Gasteiger partial charge is 0.264 e.